The number of nitrogens with zero attached hydrogens (tertiary/aromatic N) is 6. The molecule has 12 nitrogen and oxygen atoms in total. The summed E-state index contributed by atoms with van der Waals surface area (Å²) in [4.78, 5) is 53.9. The van der Waals surface area contributed by atoms with Crippen LogP contribution in [0.4, 0.5) is 8.78 Å². The minimum absolute atomic E-state index is 0.0989. The van der Waals surface area contributed by atoms with Gasteiger partial charge in [-0.2, -0.15) is 10.2 Å². The molecule has 4 heterocycles. The number of likely N-dealkylation sites (tertiary alicyclic amines) is 2. The molecule has 2 aliphatic carbocycles. The van der Waals surface area contributed by atoms with Crippen LogP contribution in [0.5, 0.6) is 0 Å². The van der Waals surface area contributed by atoms with E-state index in [0.717, 1.165) is 89.9 Å². The van der Waals surface area contributed by atoms with E-state index in [1.807, 2.05) is 21.9 Å². The van der Waals surface area contributed by atoms with Crippen molar-refractivity contribution in [3.8, 4) is 33.6 Å². The first-order chi connectivity index (χ1) is 34.0. The van der Waals surface area contributed by atoms with E-state index in [4.69, 9.17) is 0 Å². The molecule has 0 spiro atoms. The highest BCUT2D eigenvalue weighted by Gasteiger charge is 2.35. The Kier molecular flexibility index (Phi) is 14.4. The Balaban J connectivity index is 0.000000174. The largest absolute Gasteiger partial charge is 0.478 e. The highest BCUT2D eigenvalue weighted by molar-refractivity contribution is 5.97. The minimum atomic E-state index is -0.995. The fourth-order valence-electron chi connectivity index (χ4n) is 10.5. The van der Waals surface area contributed by atoms with E-state index in [-0.39, 0.29) is 58.0 Å². The first kappa shape index (κ1) is 48.1. The van der Waals surface area contributed by atoms with Crippen molar-refractivity contribution >= 4 is 23.8 Å². The molecule has 2 amide bonds. The van der Waals surface area contributed by atoms with Crippen molar-refractivity contribution in [3.63, 3.8) is 0 Å². The number of carbonyl (C=O) groups is 4. The molecule has 4 aromatic carbocycles. The van der Waals surface area contributed by atoms with Crippen LogP contribution in [0.3, 0.4) is 0 Å². The molecule has 14 heteroatoms. The standard InChI is InChI=1S/2C28H30FN3O3/c2*1-2-7-20-9-3-4-15-31(20)27(33)23-12-6-11-22(25(23)29)19-8-5-10-21(16-19)32-26(18-13-14-18)24(17-30-32)28(34)35/h2*5-6,8,10-12,16-18,20H,2-4,7,9,13-15H2,1H3,(H,34,35)/t2*20-/m10/s1. The maximum Gasteiger partial charge on any atom is 0.339 e. The van der Waals surface area contributed by atoms with Crippen LogP contribution in [-0.4, -0.2) is 88.5 Å². The van der Waals surface area contributed by atoms with Crippen molar-refractivity contribution in [3.05, 3.63) is 143 Å². The van der Waals surface area contributed by atoms with Crippen molar-refractivity contribution in [1.82, 2.24) is 29.4 Å². The van der Waals surface area contributed by atoms with Crippen molar-refractivity contribution in [2.45, 2.75) is 128 Å². The van der Waals surface area contributed by atoms with Crippen molar-refractivity contribution in [1.29, 1.82) is 0 Å². The fraction of sp³-hybridized carbons (Fsp3) is 0.393. The first-order valence-corrected chi connectivity index (χ1v) is 25.0. The smallest absolute Gasteiger partial charge is 0.339 e. The van der Waals surface area contributed by atoms with Gasteiger partial charge in [0, 0.05) is 48.1 Å². The summed E-state index contributed by atoms with van der Waals surface area (Å²) in [6.07, 6.45) is 16.4. The number of hydrogen-bond acceptors (Lipinski definition) is 6. The topological polar surface area (TPSA) is 151 Å². The Morgan fingerprint density at radius 3 is 1.31 bits per heavy atom. The second kappa shape index (κ2) is 21.0. The van der Waals surface area contributed by atoms with E-state index in [2.05, 4.69) is 24.0 Å². The van der Waals surface area contributed by atoms with Gasteiger partial charge >= 0.3 is 11.9 Å². The normalized spacial score (nSPS) is 18.0. The van der Waals surface area contributed by atoms with Crippen LogP contribution in [0, 0.1) is 11.6 Å². The number of rotatable bonds is 14. The average Bonchev–Trinajstić information content (AvgIpc) is 4.31. The van der Waals surface area contributed by atoms with Crippen molar-refractivity contribution in [2.24, 2.45) is 0 Å². The number of carboxylic acid groups (broad SMARTS) is 2. The van der Waals surface area contributed by atoms with Gasteiger partial charge in [-0.1, -0.05) is 75.2 Å². The maximum absolute atomic E-state index is 15.8. The van der Waals surface area contributed by atoms with Crippen molar-refractivity contribution < 1.29 is 38.2 Å². The predicted molar refractivity (Wildman–Crippen MR) is 263 cm³/mol. The molecule has 2 aromatic heterocycles. The van der Waals surface area contributed by atoms with Gasteiger partial charge in [0.1, 0.15) is 22.8 Å². The number of aromatic carboxylic acids is 2. The lowest BCUT2D eigenvalue weighted by molar-refractivity contribution is 0.0588. The third kappa shape index (κ3) is 9.91. The molecule has 0 radical (unpaired) electrons. The average molecular weight is 951 g/mol. The SMILES string of the molecule is CCC[C@@H]1CCCCN1C(=O)c1cccc(-c2cccc(-n3ncc(C(=O)O)c3C3CC3)c2)c1F.CCC[C@H]1CCCCN1C(=O)c1cccc(-c2cccc(-n3ncc(C(=O)O)c3C3CC3)c2)c1F. The summed E-state index contributed by atoms with van der Waals surface area (Å²) in [6, 6.07) is 24.8. The summed E-state index contributed by atoms with van der Waals surface area (Å²) < 4.78 is 34.9. The lowest BCUT2D eigenvalue weighted by Gasteiger charge is -2.36. The minimum Gasteiger partial charge on any atom is -0.478 e. The van der Waals surface area contributed by atoms with E-state index in [9.17, 15) is 29.4 Å². The summed E-state index contributed by atoms with van der Waals surface area (Å²) in [5.74, 6) is -3.18. The molecule has 4 aliphatic rings. The third-order valence-electron chi connectivity index (χ3n) is 14.3. The third-order valence-corrected chi connectivity index (χ3v) is 14.3. The molecule has 2 saturated carbocycles. The highest BCUT2D eigenvalue weighted by Crippen LogP contribution is 2.44. The number of carbonyl (C=O) groups excluding carboxylic acids is 2. The number of carboxylic acids is 2. The van der Waals surface area contributed by atoms with E-state index >= 15 is 8.78 Å². The molecule has 2 aliphatic heterocycles. The van der Waals surface area contributed by atoms with Crippen LogP contribution in [0.2, 0.25) is 0 Å². The summed E-state index contributed by atoms with van der Waals surface area (Å²) >= 11 is 0. The lowest BCUT2D eigenvalue weighted by atomic mass is 9.96. The van der Waals surface area contributed by atoms with Crippen LogP contribution >= 0.6 is 0 Å². The zero-order valence-electron chi connectivity index (χ0n) is 39.8. The van der Waals surface area contributed by atoms with E-state index in [1.165, 1.54) is 12.4 Å². The molecule has 364 valence electrons. The number of piperidine rings is 2. The Hall–Kier alpha value is -6.96. The molecular weight excluding hydrogens is 891 g/mol. The van der Waals surface area contributed by atoms with E-state index in [0.29, 0.717) is 58.1 Å². The van der Waals surface area contributed by atoms with Gasteiger partial charge in [-0.3, -0.25) is 9.59 Å². The number of halogens is 2. The second-order valence-corrected chi connectivity index (χ2v) is 19.2. The zero-order valence-corrected chi connectivity index (χ0v) is 39.8. The van der Waals surface area contributed by atoms with Crippen molar-refractivity contribution in [2.75, 3.05) is 13.1 Å². The van der Waals surface area contributed by atoms with Gasteiger partial charge in [-0.25, -0.2) is 27.7 Å². The van der Waals surface area contributed by atoms with Gasteiger partial charge in [0.25, 0.3) is 11.8 Å². The predicted octanol–water partition coefficient (Wildman–Crippen LogP) is 12.1. The van der Waals surface area contributed by atoms with Gasteiger partial charge in [0.2, 0.25) is 0 Å². The second-order valence-electron chi connectivity index (χ2n) is 19.2. The summed E-state index contributed by atoms with van der Waals surface area (Å²) in [5.41, 5.74) is 5.26. The number of hydrogen-bond donors (Lipinski definition) is 2. The maximum atomic E-state index is 15.8. The lowest BCUT2D eigenvalue weighted by Crippen LogP contribution is -2.44. The Morgan fingerprint density at radius 1 is 0.543 bits per heavy atom. The van der Waals surface area contributed by atoms with Gasteiger partial charge < -0.3 is 20.0 Å². The molecule has 0 bridgehead atoms. The number of amides is 2. The van der Waals surface area contributed by atoms with Crippen LogP contribution in [0.15, 0.2) is 97.3 Å². The summed E-state index contributed by atoms with van der Waals surface area (Å²) in [7, 11) is 0. The van der Waals surface area contributed by atoms with Gasteiger partial charge in [0.15, 0.2) is 0 Å². The molecule has 70 heavy (non-hydrogen) atoms. The molecule has 6 aromatic rings. The highest BCUT2D eigenvalue weighted by atomic mass is 19.1. The summed E-state index contributed by atoms with van der Waals surface area (Å²) in [6.45, 7) is 5.55. The molecule has 2 N–H and O–H groups in total. The quantitative estimate of drug-likeness (QED) is 0.110. The molecule has 10 rings (SSSR count). The fourth-order valence-corrected chi connectivity index (χ4v) is 10.5. The van der Waals surface area contributed by atoms with Crippen LogP contribution in [0.25, 0.3) is 33.6 Å². The molecule has 4 fully saturated rings. The van der Waals surface area contributed by atoms with E-state index < -0.39 is 23.6 Å². The molecule has 2 atom stereocenters. The summed E-state index contributed by atoms with van der Waals surface area (Å²) in [5, 5.41) is 27.8. The zero-order chi connectivity index (χ0) is 49.1. The van der Waals surface area contributed by atoms with Gasteiger partial charge in [-0.05, 0) is 125 Å². The van der Waals surface area contributed by atoms with Crippen LogP contribution in [0.1, 0.15) is 168 Å². The van der Waals surface area contributed by atoms with Crippen LogP contribution in [-0.2, 0) is 0 Å². The molecule has 0 unspecified atom stereocenters. The van der Waals surface area contributed by atoms with Gasteiger partial charge in [0.05, 0.1) is 46.3 Å². The number of aromatic nitrogens is 4. The Bertz CT molecular complexity index is 2720. The van der Waals surface area contributed by atoms with E-state index in [1.54, 1.807) is 82.2 Å². The molecular formula is C56H60F2N6O6. The first-order valence-electron chi connectivity index (χ1n) is 25.0. The Labute approximate surface area is 406 Å². The monoisotopic (exact) mass is 950 g/mol. The van der Waals surface area contributed by atoms with Crippen LogP contribution < -0.4 is 0 Å². The number of benzene rings is 4. The molecule has 2 saturated heterocycles. The van der Waals surface area contributed by atoms with Gasteiger partial charge in [-0.15, -0.1) is 0 Å². The Morgan fingerprint density at radius 2 is 0.943 bits per heavy atom.